The topological polar surface area (TPSA) is 70.2 Å². The molecule has 27 heavy (non-hydrogen) atoms. The molecule has 2 aromatic rings. The second-order valence-corrected chi connectivity index (χ2v) is 6.92. The lowest BCUT2D eigenvalue weighted by molar-refractivity contribution is -0.120. The lowest BCUT2D eigenvalue weighted by Crippen LogP contribution is -2.40. The van der Waals surface area contributed by atoms with Crippen LogP contribution in [-0.4, -0.2) is 24.4 Å². The van der Waals surface area contributed by atoms with Gasteiger partial charge in [0.1, 0.15) is 5.82 Å². The first-order valence-electron chi connectivity index (χ1n) is 9.19. The molecular formula is C21H24FN3O2. The molecule has 1 aliphatic heterocycles. The Bertz CT molecular complexity index is 807. The van der Waals surface area contributed by atoms with Crippen LogP contribution in [0, 0.1) is 11.7 Å². The van der Waals surface area contributed by atoms with Gasteiger partial charge in [-0.15, -0.1) is 0 Å². The summed E-state index contributed by atoms with van der Waals surface area (Å²) in [6.45, 7) is 3.05. The first kappa shape index (κ1) is 19.0. The van der Waals surface area contributed by atoms with Crippen LogP contribution in [0.15, 0.2) is 48.5 Å². The fourth-order valence-corrected chi connectivity index (χ4v) is 3.24. The summed E-state index contributed by atoms with van der Waals surface area (Å²) in [6.07, 6.45) is 1.65. The lowest BCUT2D eigenvalue weighted by atomic mass is 9.92. The molecule has 2 amide bonds. The number of carbonyl (C=O) groups is 2. The van der Waals surface area contributed by atoms with Gasteiger partial charge in [-0.05, 0) is 56.6 Å². The summed E-state index contributed by atoms with van der Waals surface area (Å²) < 4.78 is 13.6. The molecule has 1 saturated heterocycles. The molecule has 0 unspecified atom stereocenters. The number of halogens is 1. The minimum Gasteiger partial charge on any atom is -0.348 e. The van der Waals surface area contributed by atoms with Crippen molar-refractivity contribution in [3.8, 4) is 0 Å². The van der Waals surface area contributed by atoms with Crippen molar-refractivity contribution in [2.75, 3.05) is 11.9 Å². The molecule has 6 heteroatoms. The normalized spacial score (nSPS) is 19.3. The number of hydrogen-bond acceptors (Lipinski definition) is 3. The molecule has 2 aromatic carbocycles. The number of benzene rings is 2. The molecule has 2 atom stereocenters. The Morgan fingerprint density at radius 3 is 2.59 bits per heavy atom. The lowest BCUT2D eigenvalue weighted by Gasteiger charge is -2.27. The first-order chi connectivity index (χ1) is 13.0. The second kappa shape index (κ2) is 8.77. The number of anilines is 1. The van der Waals surface area contributed by atoms with E-state index in [-0.39, 0.29) is 30.1 Å². The van der Waals surface area contributed by atoms with Gasteiger partial charge in [-0.3, -0.25) is 9.59 Å². The van der Waals surface area contributed by atoms with E-state index < -0.39 is 0 Å². The summed E-state index contributed by atoms with van der Waals surface area (Å²) in [4.78, 5) is 24.6. The smallest absolute Gasteiger partial charge is 0.251 e. The van der Waals surface area contributed by atoms with Gasteiger partial charge in [-0.25, -0.2) is 4.39 Å². The molecule has 0 saturated carbocycles. The van der Waals surface area contributed by atoms with E-state index in [2.05, 4.69) is 22.9 Å². The van der Waals surface area contributed by atoms with Gasteiger partial charge >= 0.3 is 0 Å². The predicted molar refractivity (Wildman–Crippen MR) is 103 cm³/mol. The quantitative estimate of drug-likeness (QED) is 0.759. The molecule has 0 aliphatic carbocycles. The minimum absolute atomic E-state index is 0.00462. The van der Waals surface area contributed by atoms with Crippen LogP contribution in [0.25, 0.3) is 0 Å². The van der Waals surface area contributed by atoms with Crippen molar-refractivity contribution in [1.29, 1.82) is 0 Å². The van der Waals surface area contributed by atoms with Crippen LogP contribution in [-0.2, 0) is 11.3 Å². The highest BCUT2D eigenvalue weighted by Crippen LogP contribution is 2.19. The molecule has 1 fully saturated rings. The zero-order chi connectivity index (χ0) is 19.2. The van der Waals surface area contributed by atoms with Crippen LogP contribution in [0.4, 0.5) is 10.1 Å². The van der Waals surface area contributed by atoms with E-state index in [0.29, 0.717) is 22.9 Å². The Balaban J connectivity index is 1.54. The van der Waals surface area contributed by atoms with Crippen LogP contribution >= 0.6 is 0 Å². The summed E-state index contributed by atoms with van der Waals surface area (Å²) in [7, 11) is 0. The molecule has 3 rings (SSSR count). The summed E-state index contributed by atoms with van der Waals surface area (Å²) in [6, 6.07) is 13.4. The monoisotopic (exact) mass is 369 g/mol. The number of hydrogen-bond donors (Lipinski definition) is 3. The van der Waals surface area contributed by atoms with E-state index >= 15 is 0 Å². The Kier molecular flexibility index (Phi) is 6.19. The molecular weight excluding hydrogens is 345 g/mol. The van der Waals surface area contributed by atoms with Gasteiger partial charge in [-0.2, -0.15) is 0 Å². The summed E-state index contributed by atoms with van der Waals surface area (Å²) >= 11 is 0. The van der Waals surface area contributed by atoms with Crippen molar-refractivity contribution in [2.24, 2.45) is 5.92 Å². The maximum atomic E-state index is 13.6. The zero-order valence-electron chi connectivity index (χ0n) is 15.3. The fraction of sp³-hybridized carbons (Fsp3) is 0.333. The van der Waals surface area contributed by atoms with Crippen LogP contribution < -0.4 is 16.0 Å². The maximum Gasteiger partial charge on any atom is 0.251 e. The van der Waals surface area contributed by atoms with Gasteiger partial charge in [0.25, 0.3) is 5.91 Å². The SMILES string of the molecule is C[C@H]1C[C@@H](C(=O)Nc2ccc(C(=O)NCc3ccccc3F)cc2)CCN1. The Morgan fingerprint density at radius 2 is 1.89 bits per heavy atom. The van der Waals surface area contributed by atoms with Crippen LogP contribution in [0.3, 0.4) is 0 Å². The fourth-order valence-electron chi connectivity index (χ4n) is 3.24. The number of rotatable bonds is 5. The second-order valence-electron chi connectivity index (χ2n) is 6.92. The van der Waals surface area contributed by atoms with Gasteiger partial charge < -0.3 is 16.0 Å². The largest absolute Gasteiger partial charge is 0.348 e. The predicted octanol–water partition coefficient (Wildman–Crippen LogP) is 3.08. The highest BCUT2D eigenvalue weighted by molar-refractivity contribution is 5.96. The van der Waals surface area contributed by atoms with Gasteiger partial charge in [0.05, 0.1) is 0 Å². The van der Waals surface area contributed by atoms with Crippen molar-refractivity contribution < 1.29 is 14.0 Å². The number of piperidine rings is 1. The number of amides is 2. The van der Waals surface area contributed by atoms with E-state index in [0.717, 1.165) is 19.4 Å². The van der Waals surface area contributed by atoms with Crippen molar-refractivity contribution in [3.05, 3.63) is 65.5 Å². The Hall–Kier alpha value is -2.73. The minimum atomic E-state index is -0.344. The number of carbonyl (C=O) groups excluding carboxylic acids is 2. The maximum absolute atomic E-state index is 13.6. The van der Waals surface area contributed by atoms with Gasteiger partial charge in [-0.1, -0.05) is 18.2 Å². The molecule has 1 aliphatic rings. The Labute approximate surface area is 158 Å². The third kappa shape index (κ3) is 5.14. The standard InChI is InChI=1S/C21H24FN3O2/c1-14-12-16(10-11-23-14)21(27)25-18-8-6-15(7-9-18)20(26)24-13-17-4-2-3-5-19(17)22/h2-9,14,16,23H,10-13H2,1H3,(H,24,26)(H,25,27)/t14-,16-/m0/s1. The number of nitrogens with one attached hydrogen (secondary N) is 3. The van der Waals surface area contributed by atoms with Gasteiger partial charge in [0.15, 0.2) is 0 Å². The molecule has 142 valence electrons. The summed E-state index contributed by atoms with van der Waals surface area (Å²) in [5, 5.41) is 8.95. The van der Waals surface area contributed by atoms with E-state index in [4.69, 9.17) is 0 Å². The average molecular weight is 369 g/mol. The van der Waals surface area contributed by atoms with Crippen molar-refractivity contribution >= 4 is 17.5 Å². The van der Waals surface area contributed by atoms with E-state index in [1.807, 2.05) is 0 Å². The van der Waals surface area contributed by atoms with Gasteiger partial charge in [0, 0.05) is 35.3 Å². The van der Waals surface area contributed by atoms with Gasteiger partial charge in [0.2, 0.25) is 5.91 Å². The molecule has 0 aromatic heterocycles. The highest BCUT2D eigenvalue weighted by Gasteiger charge is 2.24. The third-order valence-electron chi connectivity index (χ3n) is 4.81. The molecule has 0 radical (unpaired) electrons. The van der Waals surface area contributed by atoms with E-state index in [1.165, 1.54) is 6.07 Å². The Morgan fingerprint density at radius 1 is 1.15 bits per heavy atom. The van der Waals surface area contributed by atoms with E-state index in [1.54, 1.807) is 42.5 Å². The molecule has 1 heterocycles. The molecule has 3 N–H and O–H groups in total. The molecule has 5 nitrogen and oxygen atoms in total. The van der Waals surface area contributed by atoms with Crippen LogP contribution in [0.1, 0.15) is 35.7 Å². The van der Waals surface area contributed by atoms with Crippen LogP contribution in [0.5, 0.6) is 0 Å². The van der Waals surface area contributed by atoms with E-state index in [9.17, 15) is 14.0 Å². The zero-order valence-corrected chi connectivity index (χ0v) is 15.3. The third-order valence-corrected chi connectivity index (χ3v) is 4.81. The summed E-state index contributed by atoms with van der Waals surface area (Å²) in [5.74, 6) is -0.614. The molecule has 0 spiro atoms. The summed E-state index contributed by atoms with van der Waals surface area (Å²) in [5.41, 5.74) is 1.56. The van der Waals surface area contributed by atoms with Crippen molar-refractivity contribution in [1.82, 2.24) is 10.6 Å². The first-order valence-corrected chi connectivity index (χ1v) is 9.19. The van der Waals surface area contributed by atoms with Crippen molar-refractivity contribution in [2.45, 2.75) is 32.4 Å². The van der Waals surface area contributed by atoms with Crippen LogP contribution in [0.2, 0.25) is 0 Å². The highest BCUT2D eigenvalue weighted by atomic mass is 19.1. The molecule has 0 bridgehead atoms. The van der Waals surface area contributed by atoms with Crippen molar-refractivity contribution in [3.63, 3.8) is 0 Å². The average Bonchev–Trinajstić information content (AvgIpc) is 2.67.